The minimum Gasteiger partial charge on any atom is -0.471 e. The zero-order valence-electron chi connectivity index (χ0n) is 5.90. The van der Waals surface area contributed by atoms with E-state index in [1.165, 1.54) is 0 Å². The summed E-state index contributed by atoms with van der Waals surface area (Å²) in [6.45, 7) is 2.12. The number of nitrogens with one attached hydrogen (secondary N) is 1. The van der Waals surface area contributed by atoms with Gasteiger partial charge in [0.25, 0.3) is 11.1 Å². The molecule has 0 fully saturated rings. The van der Waals surface area contributed by atoms with Gasteiger partial charge in [-0.2, -0.15) is 0 Å². The second kappa shape index (κ2) is 5.60. The van der Waals surface area contributed by atoms with E-state index in [9.17, 15) is 4.79 Å². The van der Waals surface area contributed by atoms with Crippen molar-refractivity contribution in [1.29, 1.82) is 0 Å². The Morgan fingerprint density at radius 3 is 3.00 bits per heavy atom. The number of carbonyl (C=O) groups is 1. The number of hydrogen-bond donors (Lipinski definition) is 2. The maximum absolute atomic E-state index is 10.5. The van der Waals surface area contributed by atoms with Crippen LogP contribution in [-0.2, 0) is 9.53 Å². The molecule has 1 amide bonds. The summed E-state index contributed by atoms with van der Waals surface area (Å²) in [6, 6.07) is 0. The molecule has 0 aromatic rings. The van der Waals surface area contributed by atoms with E-state index in [-0.39, 0.29) is 5.17 Å². The molecule has 0 rings (SSSR count). The van der Waals surface area contributed by atoms with Crippen LogP contribution in [0.15, 0.2) is 5.16 Å². The van der Waals surface area contributed by atoms with Gasteiger partial charge in [-0.05, 0) is 19.1 Å². The van der Waals surface area contributed by atoms with Crippen LogP contribution in [0.25, 0.3) is 0 Å². The summed E-state index contributed by atoms with van der Waals surface area (Å²) in [7, 11) is 0. The molecule has 0 radical (unpaired) electrons. The number of carbonyl (C=O) groups excluding carboxylic acids is 1. The molecule has 0 unspecified atom stereocenters. The number of ether oxygens (including phenoxy) is 1. The predicted octanol–water partition coefficient (Wildman–Crippen LogP) is -0.116. The summed E-state index contributed by atoms with van der Waals surface area (Å²) in [5.74, 6) is -0.619. The highest BCUT2D eigenvalue weighted by Gasteiger charge is 2.00. The Morgan fingerprint density at radius 1 is 1.91 bits per heavy atom. The van der Waals surface area contributed by atoms with Gasteiger partial charge in [0.05, 0.1) is 6.61 Å². The molecule has 0 aliphatic carbocycles. The quantitative estimate of drug-likeness (QED) is 0.266. The van der Waals surface area contributed by atoms with Gasteiger partial charge in [-0.3, -0.25) is 10.1 Å². The summed E-state index contributed by atoms with van der Waals surface area (Å²) < 4.78 is 4.72. The molecule has 0 heterocycles. The maximum atomic E-state index is 10.5. The van der Waals surface area contributed by atoms with Crippen molar-refractivity contribution in [2.45, 2.75) is 6.92 Å². The number of rotatable bonds is 2. The molecule has 0 aliphatic heterocycles. The number of oxime groups is 1. The van der Waals surface area contributed by atoms with E-state index in [2.05, 4.69) is 22.7 Å². The third-order valence-electron chi connectivity index (χ3n) is 0.676. The zero-order valence-corrected chi connectivity index (χ0v) is 6.72. The summed E-state index contributed by atoms with van der Waals surface area (Å²) in [6.07, 6.45) is 0.686. The normalized spacial score (nSPS) is 9.55. The molecule has 2 N–H and O–H groups in total. The number of thiocarbonyl (C=S) groups is 1. The topological polar surface area (TPSA) is 70.9 Å². The molecule has 0 saturated carbocycles. The average Bonchev–Trinajstić information content (AvgIpc) is 1.87. The van der Waals surface area contributed by atoms with Gasteiger partial charge in [0, 0.05) is 0 Å². The average molecular weight is 176 g/mol. The fraction of sp³-hybridized carbons (Fsp3) is 0.400. The molecule has 5 nitrogen and oxygen atoms in total. The SMILES string of the molecule is CCOC(=S)NC(=O)/C=N/O. The van der Waals surface area contributed by atoms with Gasteiger partial charge in [0.1, 0.15) is 6.21 Å². The number of nitrogens with zero attached hydrogens (tertiary/aromatic N) is 1. The summed E-state index contributed by atoms with van der Waals surface area (Å²) in [5, 5.41) is 12.5. The summed E-state index contributed by atoms with van der Waals surface area (Å²) in [5.41, 5.74) is 0. The molecule has 62 valence electrons. The fourth-order valence-corrected chi connectivity index (χ4v) is 0.571. The van der Waals surface area contributed by atoms with E-state index < -0.39 is 5.91 Å². The van der Waals surface area contributed by atoms with Gasteiger partial charge in [0.2, 0.25) is 0 Å². The van der Waals surface area contributed by atoms with Crippen LogP contribution in [0, 0.1) is 0 Å². The van der Waals surface area contributed by atoms with E-state index in [0.717, 1.165) is 0 Å². The lowest BCUT2D eigenvalue weighted by molar-refractivity contribution is -0.113. The van der Waals surface area contributed by atoms with E-state index in [1.807, 2.05) is 0 Å². The molecular formula is C5H8N2O3S. The van der Waals surface area contributed by atoms with E-state index in [0.29, 0.717) is 12.8 Å². The molecule has 0 saturated heterocycles. The smallest absolute Gasteiger partial charge is 0.273 e. The standard InChI is InChI=1S/C5H8N2O3S/c1-2-10-5(11)7-4(8)3-6-9/h3,9H,2H2,1H3,(H,7,8,11)/b6-3+. The Bertz CT molecular complexity index is 181. The molecule has 0 atom stereocenters. The number of amides is 1. The van der Waals surface area contributed by atoms with E-state index >= 15 is 0 Å². The molecule has 0 aromatic carbocycles. The predicted molar refractivity (Wildman–Crippen MR) is 42.6 cm³/mol. The largest absolute Gasteiger partial charge is 0.471 e. The van der Waals surface area contributed by atoms with Crippen LogP contribution in [0.3, 0.4) is 0 Å². The van der Waals surface area contributed by atoms with Gasteiger partial charge >= 0.3 is 0 Å². The number of hydrogen-bond acceptors (Lipinski definition) is 5. The fourth-order valence-electron chi connectivity index (χ4n) is 0.352. The van der Waals surface area contributed by atoms with Gasteiger partial charge in [-0.1, -0.05) is 5.16 Å². The van der Waals surface area contributed by atoms with Crippen molar-refractivity contribution in [3.63, 3.8) is 0 Å². The minimum atomic E-state index is -0.619. The molecule has 0 spiro atoms. The molecule has 11 heavy (non-hydrogen) atoms. The summed E-state index contributed by atoms with van der Waals surface area (Å²) in [4.78, 5) is 10.5. The van der Waals surface area contributed by atoms with Crippen molar-refractivity contribution >= 4 is 29.5 Å². The van der Waals surface area contributed by atoms with Crippen LogP contribution in [-0.4, -0.2) is 29.1 Å². The van der Waals surface area contributed by atoms with Crippen LogP contribution >= 0.6 is 12.2 Å². The van der Waals surface area contributed by atoms with Crippen LogP contribution < -0.4 is 5.32 Å². The van der Waals surface area contributed by atoms with Crippen LogP contribution in [0.2, 0.25) is 0 Å². The lowest BCUT2D eigenvalue weighted by atomic mass is 10.7. The van der Waals surface area contributed by atoms with Crippen molar-refractivity contribution in [2.24, 2.45) is 5.16 Å². The van der Waals surface area contributed by atoms with Crippen LogP contribution in [0.4, 0.5) is 0 Å². The first kappa shape index (κ1) is 9.83. The summed E-state index contributed by atoms with van der Waals surface area (Å²) >= 11 is 4.55. The third-order valence-corrected chi connectivity index (χ3v) is 0.896. The van der Waals surface area contributed by atoms with Gasteiger partial charge < -0.3 is 9.94 Å². The van der Waals surface area contributed by atoms with Gasteiger partial charge in [0.15, 0.2) is 0 Å². The first-order chi connectivity index (χ1) is 5.20. The Balaban J connectivity index is 3.66. The van der Waals surface area contributed by atoms with Gasteiger partial charge in [-0.15, -0.1) is 0 Å². The van der Waals surface area contributed by atoms with Crippen molar-refractivity contribution in [2.75, 3.05) is 6.61 Å². The highest BCUT2D eigenvalue weighted by atomic mass is 32.1. The molecule has 6 heteroatoms. The van der Waals surface area contributed by atoms with Crippen molar-refractivity contribution in [3.05, 3.63) is 0 Å². The molecule has 0 aliphatic rings. The van der Waals surface area contributed by atoms with E-state index in [1.54, 1.807) is 6.92 Å². The van der Waals surface area contributed by atoms with Crippen molar-refractivity contribution in [3.8, 4) is 0 Å². The highest BCUT2D eigenvalue weighted by molar-refractivity contribution is 7.80. The molecular weight excluding hydrogens is 168 g/mol. The lowest BCUT2D eigenvalue weighted by Crippen LogP contribution is -2.31. The van der Waals surface area contributed by atoms with Crippen LogP contribution in [0.5, 0.6) is 0 Å². The Kier molecular flexibility index (Phi) is 5.01. The second-order valence-corrected chi connectivity index (χ2v) is 1.83. The monoisotopic (exact) mass is 176 g/mol. The molecule has 0 aromatic heterocycles. The Hall–Kier alpha value is -1.17. The van der Waals surface area contributed by atoms with Crippen molar-refractivity contribution < 1.29 is 14.7 Å². The van der Waals surface area contributed by atoms with Crippen LogP contribution in [0.1, 0.15) is 6.92 Å². The molecule has 0 bridgehead atoms. The first-order valence-electron chi connectivity index (χ1n) is 2.86. The van der Waals surface area contributed by atoms with Gasteiger partial charge in [-0.25, -0.2) is 0 Å². The van der Waals surface area contributed by atoms with E-state index in [4.69, 9.17) is 9.94 Å². The third kappa shape index (κ3) is 5.28. The minimum absolute atomic E-state index is 0.0302. The lowest BCUT2D eigenvalue weighted by Gasteiger charge is -2.02. The first-order valence-corrected chi connectivity index (χ1v) is 3.26. The second-order valence-electron chi connectivity index (χ2n) is 1.45. The van der Waals surface area contributed by atoms with Crippen molar-refractivity contribution in [1.82, 2.24) is 5.32 Å². The highest BCUT2D eigenvalue weighted by Crippen LogP contribution is 1.76. The Morgan fingerprint density at radius 2 is 2.55 bits per heavy atom. The Labute approximate surface area is 69.0 Å². The maximum Gasteiger partial charge on any atom is 0.273 e. The zero-order chi connectivity index (χ0) is 8.69.